The van der Waals surface area contributed by atoms with Gasteiger partial charge < -0.3 is 10.1 Å². The second kappa shape index (κ2) is 8.05. The molecule has 0 spiro atoms. The molecule has 0 aromatic heterocycles. The quantitative estimate of drug-likeness (QED) is 0.808. The maximum Gasteiger partial charge on any atom is 0.416 e. The molecule has 0 saturated heterocycles. The van der Waals surface area contributed by atoms with Crippen molar-refractivity contribution >= 4 is 11.6 Å². The van der Waals surface area contributed by atoms with Crippen LogP contribution < -0.4 is 10.1 Å². The number of anilines is 1. The molecule has 1 N–H and O–H groups in total. The summed E-state index contributed by atoms with van der Waals surface area (Å²) in [6, 6.07) is 10.1. The molecule has 0 aliphatic carbocycles. The number of nitrogens with one attached hydrogen (secondary N) is 1. The molecule has 2 aromatic carbocycles. The van der Waals surface area contributed by atoms with E-state index in [0.717, 1.165) is 41.8 Å². The van der Waals surface area contributed by atoms with E-state index < -0.39 is 11.7 Å². The average Bonchev–Trinajstić information content (AvgIpc) is 2.59. The zero-order valence-corrected chi connectivity index (χ0v) is 14.1. The van der Waals surface area contributed by atoms with Crippen molar-refractivity contribution in [2.24, 2.45) is 0 Å². The molecule has 6 heteroatoms. The molecule has 2 aromatic rings. The van der Waals surface area contributed by atoms with Gasteiger partial charge in [-0.1, -0.05) is 32.0 Å². The topological polar surface area (TPSA) is 38.3 Å². The van der Waals surface area contributed by atoms with Crippen molar-refractivity contribution in [3.63, 3.8) is 0 Å². The van der Waals surface area contributed by atoms with Gasteiger partial charge in [0.2, 0.25) is 0 Å². The van der Waals surface area contributed by atoms with Crippen molar-refractivity contribution in [2.45, 2.75) is 32.9 Å². The highest BCUT2D eigenvalue weighted by Gasteiger charge is 2.30. The molecular weight excluding hydrogens is 331 g/mol. The van der Waals surface area contributed by atoms with Crippen molar-refractivity contribution in [1.29, 1.82) is 0 Å². The van der Waals surface area contributed by atoms with Crippen molar-refractivity contribution in [3.05, 3.63) is 59.2 Å². The van der Waals surface area contributed by atoms with Crippen LogP contribution in [0.3, 0.4) is 0 Å². The molecule has 0 aliphatic heterocycles. The number of amides is 1. The number of carbonyl (C=O) groups excluding carboxylic acids is 1. The molecule has 2 rings (SSSR count). The first kappa shape index (κ1) is 18.8. The van der Waals surface area contributed by atoms with Crippen molar-refractivity contribution in [2.75, 3.05) is 11.9 Å². The molecule has 0 heterocycles. The van der Waals surface area contributed by atoms with Crippen LogP contribution in [0.25, 0.3) is 0 Å². The minimum absolute atomic E-state index is 0.211. The van der Waals surface area contributed by atoms with Crippen LogP contribution in [0.2, 0.25) is 0 Å². The molecule has 0 atom stereocenters. The standard InChI is InChI=1S/C19H20F3NO2/c1-3-13-6-5-7-14(4-2)18(13)23-17(24)12-25-16-10-8-15(9-11-16)19(20,21)22/h5-11H,3-4,12H2,1-2H3,(H,23,24). The van der Waals surface area contributed by atoms with Gasteiger partial charge in [0.1, 0.15) is 5.75 Å². The van der Waals surface area contributed by atoms with Crippen LogP contribution in [0, 0.1) is 0 Å². The van der Waals surface area contributed by atoms with Gasteiger partial charge in [-0.05, 0) is 48.2 Å². The SMILES string of the molecule is CCc1cccc(CC)c1NC(=O)COc1ccc(C(F)(F)F)cc1. The summed E-state index contributed by atoms with van der Waals surface area (Å²) in [7, 11) is 0. The summed E-state index contributed by atoms with van der Waals surface area (Å²) in [6.07, 6.45) is -2.83. The van der Waals surface area contributed by atoms with E-state index in [1.807, 2.05) is 32.0 Å². The smallest absolute Gasteiger partial charge is 0.416 e. The normalized spacial score (nSPS) is 11.2. The minimum atomic E-state index is -4.39. The first-order chi connectivity index (χ1) is 11.8. The Balaban J connectivity index is 2.00. The third kappa shape index (κ3) is 4.98. The number of carbonyl (C=O) groups is 1. The zero-order chi connectivity index (χ0) is 18.4. The lowest BCUT2D eigenvalue weighted by molar-refractivity contribution is -0.137. The Morgan fingerprint density at radius 3 is 2.04 bits per heavy atom. The minimum Gasteiger partial charge on any atom is -0.484 e. The van der Waals surface area contributed by atoms with Gasteiger partial charge >= 0.3 is 6.18 Å². The maximum atomic E-state index is 12.5. The summed E-state index contributed by atoms with van der Waals surface area (Å²) in [5.74, 6) is -0.141. The molecule has 25 heavy (non-hydrogen) atoms. The van der Waals surface area contributed by atoms with E-state index in [0.29, 0.717) is 0 Å². The second-order valence-corrected chi connectivity index (χ2v) is 5.52. The highest BCUT2D eigenvalue weighted by molar-refractivity contribution is 5.93. The maximum absolute atomic E-state index is 12.5. The number of hydrogen-bond acceptors (Lipinski definition) is 2. The van der Waals surface area contributed by atoms with Crippen LogP contribution in [-0.2, 0) is 23.8 Å². The predicted octanol–water partition coefficient (Wildman–Crippen LogP) is 4.85. The van der Waals surface area contributed by atoms with Crippen LogP contribution in [0.4, 0.5) is 18.9 Å². The van der Waals surface area contributed by atoms with Crippen LogP contribution in [-0.4, -0.2) is 12.5 Å². The monoisotopic (exact) mass is 351 g/mol. The first-order valence-corrected chi connectivity index (χ1v) is 8.05. The first-order valence-electron chi connectivity index (χ1n) is 8.05. The zero-order valence-electron chi connectivity index (χ0n) is 14.1. The Bertz CT molecular complexity index is 702. The third-order valence-electron chi connectivity index (χ3n) is 3.81. The Hall–Kier alpha value is -2.50. The van der Waals surface area contributed by atoms with Gasteiger partial charge in [-0.15, -0.1) is 0 Å². The summed E-state index contributed by atoms with van der Waals surface area (Å²) >= 11 is 0. The van der Waals surface area contributed by atoms with Crippen LogP contribution in [0.15, 0.2) is 42.5 Å². The van der Waals surface area contributed by atoms with Crippen LogP contribution >= 0.6 is 0 Å². The molecule has 3 nitrogen and oxygen atoms in total. The van der Waals surface area contributed by atoms with Crippen molar-refractivity contribution in [3.8, 4) is 5.75 Å². The van der Waals surface area contributed by atoms with E-state index in [-0.39, 0.29) is 18.3 Å². The Morgan fingerprint density at radius 1 is 1.00 bits per heavy atom. The van der Waals surface area contributed by atoms with Gasteiger partial charge in [-0.3, -0.25) is 4.79 Å². The number of rotatable bonds is 6. The lowest BCUT2D eigenvalue weighted by Gasteiger charge is -2.15. The summed E-state index contributed by atoms with van der Waals surface area (Å²) in [5, 5.41) is 2.84. The molecule has 0 aliphatic rings. The Morgan fingerprint density at radius 2 is 1.56 bits per heavy atom. The van der Waals surface area contributed by atoms with Gasteiger partial charge in [-0.25, -0.2) is 0 Å². The summed E-state index contributed by atoms with van der Waals surface area (Å²) in [6.45, 7) is 3.73. The molecule has 0 unspecified atom stereocenters. The summed E-state index contributed by atoms with van der Waals surface area (Å²) < 4.78 is 42.8. The van der Waals surface area contributed by atoms with Gasteiger partial charge in [0.05, 0.1) is 5.56 Å². The van der Waals surface area contributed by atoms with E-state index in [9.17, 15) is 18.0 Å². The molecule has 0 saturated carbocycles. The lowest BCUT2D eigenvalue weighted by Crippen LogP contribution is -2.21. The number of benzene rings is 2. The third-order valence-corrected chi connectivity index (χ3v) is 3.81. The predicted molar refractivity (Wildman–Crippen MR) is 90.8 cm³/mol. The summed E-state index contributed by atoms with van der Waals surface area (Å²) in [4.78, 5) is 12.1. The molecule has 134 valence electrons. The largest absolute Gasteiger partial charge is 0.484 e. The van der Waals surface area contributed by atoms with E-state index in [1.165, 1.54) is 12.1 Å². The number of hydrogen-bond donors (Lipinski definition) is 1. The van der Waals surface area contributed by atoms with Crippen LogP contribution in [0.5, 0.6) is 5.75 Å². The van der Waals surface area contributed by atoms with Gasteiger partial charge in [-0.2, -0.15) is 13.2 Å². The second-order valence-electron chi connectivity index (χ2n) is 5.52. The molecule has 0 fully saturated rings. The van der Waals surface area contributed by atoms with Gasteiger partial charge in [0.15, 0.2) is 6.61 Å². The highest BCUT2D eigenvalue weighted by atomic mass is 19.4. The van der Waals surface area contributed by atoms with Crippen LogP contribution in [0.1, 0.15) is 30.5 Å². The van der Waals surface area contributed by atoms with Crippen molar-refractivity contribution in [1.82, 2.24) is 0 Å². The van der Waals surface area contributed by atoms with E-state index >= 15 is 0 Å². The molecular formula is C19H20F3NO2. The van der Waals surface area contributed by atoms with Crippen molar-refractivity contribution < 1.29 is 22.7 Å². The fraction of sp³-hybridized carbons (Fsp3) is 0.316. The summed E-state index contributed by atoms with van der Waals surface area (Å²) in [5.41, 5.74) is 2.09. The van der Waals surface area contributed by atoms with Gasteiger partial charge in [0.25, 0.3) is 5.91 Å². The number of ether oxygens (including phenoxy) is 1. The Kier molecular flexibility index (Phi) is 6.07. The number of para-hydroxylation sites is 1. The number of alkyl halides is 3. The molecule has 1 amide bonds. The van der Waals surface area contributed by atoms with E-state index in [4.69, 9.17) is 4.74 Å². The van der Waals surface area contributed by atoms with Gasteiger partial charge in [0, 0.05) is 5.69 Å². The lowest BCUT2D eigenvalue weighted by atomic mass is 10.0. The van der Waals surface area contributed by atoms with E-state index in [1.54, 1.807) is 0 Å². The molecule has 0 bridgehead atoms. The Labute approximate surface area is 144 Å². The highest BCUT2D eigenvalue weighted by Crippen LogP contribution is 2.30. The average molecular weight is 351 g/mol. The number of halogens is 3. The molecule has 0 radical (unpaired) electrons. The fourth-order valence-corrected chi connectivity index (χ4v) is 2.47. The fourth-order valence-electron chi connectivity index (χ4n) is 2.47. The van der Waals surface area contributed by atoms with E-state index in [2.05, 4.69) is 5.32 Å². The number of aryl methyl sites for hydroxylation is 2.